The van der Waals surface area contributed by atoms with Crippen LogP contribution in [0.25, 0.3) is 11.1 Å². The van der Waals surface area contributed by atoms with Crippen LogP contribution in [0, 0.1) is 0 Å². The number of quaternary nitrogens is 1. The molecule has 2 heterocycles. The van der Waals surface area contributed by atoms with Crippen molar-refractivity contribution in [3.05, 3.63) is 39.7 Å². The smallest absolute Gasteiger partial charge is 0.341 e. The summed E-state index contributed by atoms with van der Waals surface area (Å²) in [4.78, 5) is 26.4. The number of anilines is 1. The Morgan fingerprint density at radius 1 is 1.19 bits per heavy atom. The SMILES string of the molecule is CCOC(=O)c1c(-c2ccc(Br)cc2)csc1NC(=O)C[NH+]1CCCCC1. The van der Waals surface area contributed by atoms with E-state index in [1.54, 1.807) is 6.92 Å². The van der Waals surface area contributed by atoms with Crippen molar-refractivity contribution in [3.63, 3.8) is 0 Å². The number of halogens is 1. The lowest BCUT2D eigenvalue weighted by Gasteiger charge is -2.22. The molecule has 0 saturated carbocycles. The van der Waals surface area contributed by atoms with Gasteiger partial charge in [0.25, 0.3) is 5.91 Å². The van der Waals surface area contributed by atoms with E-state index in [0.29, 0.717) is 23.7 Å². The van der Waals surface area contributed by atoms with Crippen molar-refractivity contribution in [1.29, 1.82) is 0 Å². The molecule has 2 N–H and O–H groups in total. The first kappa shape index (κ1) is 20.0. The van der Waals surface area contributed by atoms with Crippen LogP contribution in [-0.2, 0) is 9.53 Å². The highest BCUT2D eigenvalue weighted by Crippen LogP contribution is 2.36. The third kappa shape index (κ3) is 5.18. The van der Waals surface area contributed by atoms with E-state index in [1.807, 2.05) is 29.6 Å². The lowest BCUT2D eigenvalue weighted by atomic mass is 10.0. The summed E-state index contributed by atoms with van der Waals surface area (Å²) >= 11 is 4.79. The number of hydrogen-bond donors (Lipinski definition) is 2. The molecule has 1 saturated heterocycles. The van der Waals surface area contributed by atoms with Crippen LogP contribution in [0.2, 0.25) is 0 Å². The average molecular weight is 452 g/mol. The van der Waals surface area contributed by atoms with Crippen LogP contribution >= 0.6 is 27.3 Å². The molecular weight excluding hydrogens is 428 g/mol. The summed E-state index contributed by atoms with van der Waals surface area (Å²) in [7, 11) is 0. The Hall–Kier alpha value is -1.70. The normalized spacial score (nSPS) is 14.7. The second kappa shape index (κ2) is 9.48. The molecule has 7 heteroatoms. The van der Waals surface area contributed by atoms with Gasteiger partial charge in [-0.15, -0.1) is 11.3 Å². The standard InChI is InChI=1S/C20H23BrN2O3S/c1-2-26-20(25)18-16(14-6-8-15(21)9-7-14)13-27-19(18)22-17(24)12-23-10-4-3-5-11-23/h6-9,13H,2-5,10-12H2,1H3,(H,22,24)/p+1. The third-order valence-electron chi connectivity index (χ3n) is 4.65. The molecule has 1 aliphatic heterocycles. The first-order valence-corrected chi connectivity index (χ1v) is 10.9. The van der Waals surface area contributed by atoms with E-state index in [9.17, 15) is 9.59 Å². The Morgan fingerprint density at radius 2 is 1.89 bits per heavy atom. The van der Waals surface area contributed by atoms with E-state index in [0.717, 1.165) is 28.7 Å². The Balaban J connectivity index is 1.82. The Bertz CT molecular complexity index is 798. The molecule has 27 heavy (non-hydrogen) atoms. The zero-order valence-electron chi connectivity index (χ0n) is 15.3. The lowest BCUT2D eigenvalue weighted by molar-refractivity contribution is -0.896. The number of carbonyl (C=O) groups excluding carboxylic acids is 2. The van der Waals surface area contributed by atoms with Crippen molar-refractivity contribution in [2.75, 3.05) is 31.6 Å². The van der Waals surface area contributed by atoms with Crippen molar-refractivity contribution in [1.82, 2.24) is 0 Å². The molecule has 144 valence electrons. The molecule has 0 atom stereocenters. The van der Waals surface area contributed by atoms with Gasteiger partial charge in [0.1, 0.15) is 10.6 Å². The molecule has 0 bridgehead atoms. The van der Waals surface area contributed by atoms with Gasteiger partial charge in [-0.1, -0.05) is 28.1 Å². The monoisotopic (exact) mass is 451 g/mol. The van der Waals surface area contributed by atoms with Gasteiger partial charge < -0.3 is 15.0 Å². The number of thiophene rings is 1. The second-order valence-electron chi connectivity index (χ2n) is 6.62. The maximum Gasteiger partial charge on any atom is 0.341 e. The summed E-state index contributed by atoms with van der Waals surface area (Å²) in [5.41, 5.74) is 2.14. The molecule has 5 nitrogen and oxygen atoms in total. The number of esters is 1. The number of rotatable bonds is 6. The Morgan fingerprint density at radius 3 is 2.56 bits per heavy atom. The molecule has 1 amide bonds. The molecule has 1 aliphatic rings. The molecule has 3 rings (SSSR count). The highest BCUT2D eigenvalue weighted by molar-refractivity contribution is 9.10. The van der Waals surface area contributed by atoms with E-state index < -0.39 is 5.97 Å². The molecule has 2 aromatic rings. The number of piperidine rings is 1. The second-order valence-corrected chi connectivity index (χ2v) is 8.41. The summed E-state index contributed by atoms with van der Waals surface area (Å²) in [6.45, 7) is 4.58. The maximum absolute atomic E-state index is 12.6. The van der Waals surface area contributed by atoms with Gasteiger partial charge in [0.2, 0.25) is 0 Å². The first-order chi connectivity index (χ1) is 13.1. The highest BCUT2D eigenvalue weighted by Gasteiger charge is 2.24. The van der Waals surface area contributed by atoms with E-state index in [2.05, 4.69) is 21.2 Å². The topological polar surface area (TPSA) is 59.8 Å². The van der Waals surface area contributed by atoms with Crippen LogP contribution in [0.15, 0.2) is 34.1 Å². The minimum absolute atomic E-state index is 0.0540. The zero-order valence-corrected chi connectivity index (χ0v) is 17.7. The quantitative estimate of drug-likeness (QED) is 0.661. The predicted octanol–water partition coefficient (Wildman–Crippen LogP) is 3.36. The highest BCUT2D eigenvalue weighted by atomic mass is 79.9. The van der Waals surface area contributed by atoms with Gasteiger partial charge in [-0.25, -0.2) is 4.79 Å². The van der Waals surface area contributed by atoms with E-state index in [1.165, 1.54) is 35.5 Å². The lowest BCUT2D eigenvalue weighted by Crippen LogP contribution is -3.13. The van der Waals surface area contributed by atoms with Crippen LogP contribution in [0.1, 0.15) is 36.5 Å². The molecule has 0 aliphatic carbocycles. The minimum atomic E-state index is -0.405. The fourth-order valence-electron chi connectivity index (χ4n) is 3.32. The summed E-state index contributed by atoms with van der Waals surface area (Å²) in [5, 5.41) is 5.41. The van der Waals surface area contributed by atoms with Gasteiger partial charge in [0.05, 0.1) is 19.7 Å². The van der Waals surface area contributed by atoms with Gasteiger partial charge in [0, 0.05) is 15.4 Å². The minimum Gasteiger partial charge on any atom is -0.462 e. The van der Waals surface area contributed by atoms with Gasteiger partial charge >= 0.3 is 5.97 Å². The summed E-state index contributed by atoms with van der Waals surface area (Å²) in [6.07, 6.45) is 3.59. The van der Waals surface area contributed by atoms with Gasteiger partial charge in [-0.2, -0.15) is 0 Å². The van der Waals surface area contributed by atoms with Crippen LogP contribution in [0.3, 0.4) is 0 Å². The number of ether oxygens (including phenoxy) is 1. The average Bonchev–Trinajstić information content (AvgIpc) is 3.06. The summed E-state index contributed by atoms with van der Waals surface area (Å²) in [6, 6.07) is 7.75. The van der Waals surface area contributed by atoms with Gasteiger partial charge in [-0.05, 0) is 43.9 Å². The molecule has 0 radical (unpaired) electrons. The van der Waals surface area contributed by atoms with Gasteiger partial charge in [0.15, 0.2) is 6.54 Å². The Labute approximate surface area is 171 Å². The van der Waals surface area contributed by atoms with Crippen LogP contribution in [-0.4, -0.2) is 38.1 Å². The van der Waals surface area contributed by atoms with Gasteiger partial charge in [-0.3, -0.25) is 4.79 Å². The fraction of sp³-hybridized carbons (Fsp3) is 0.400. The molecule has 0 spiro atoms. The zero-order chi connectivity index (χ0) is 19.2. The molecular formula is C20H24BrN2O3S+. The third-order valence-corrected chi connectivity index (χ3v) is 6.07. The number of amides is 1. The fourth-order valence-corrected chi connectivity index (χ4v) is 4.56. The number of nitrogens with one attached hydrogen (secondary N) is 2. The molecule has 0 unspecified atom stereocenters. The van der Waals surface area contributed by atoms with Crippen molar-refractivity contribution in [2.24, 2.45) is 0 Å². The predicted molar refractivity (Wildman–Crippen MR) is 111 cm³/mol. The Kier molecular flexibility index (Phi) is 7.04. The molecule has 1 aromatic carbocycles. The van der Waals surface area contributed by atoms with E-state index in [4.69, 9.17) is 4.74 Å². The van der Waals surface area contributed by atoms with E-state index >= 15 is 0 Å². The van der Waals surface area contributed by atoms with Crippen molar-refractivity contribution in [3.8, 4) is 11.1 Å². The summed E-state index contributed by atoms with van der Waals surface area (Å²) in [5.74, 6) is -0.459. The van der Waals surface area contributed by atoms with Crippen LogP contribution < -0.4 is 10.2 Å². The van der Waals surface area contributed by atoms with Crippen LogP contribution in [0.4, 0.5) is 5.00 Å². The molecule has 1 fully saturated rings. The van der Waals surface area contributed by atoms with Crippen LogP contribution in [0.5, 0.6) is 0 Å². The van der Waals surface area contributed by atoms with Crippen molar-refractivity contribution in [2.45, 2.75) is 26.2 Å². The number of benzene rings is 1. The molecule has 1 aromatic heterocycles. The largest absolute Gasteiger partial charge is 0.462 e. The maximum atomic E-state index is 12.6. The first-order valence-electron chi connectivity index (χ1n) is 9.26. The number of hydrogen-bond acceptors (Lipinski definition) is 4. The number of likely N-dealkylation sites (tertiary alicyclic amines) is 1. The summed E-state index contributed by atoms with van der Waals surface area (Å²) < 4.78 is 6.22. The van der Waals surface area contributed by atoms with Crippen molar-refractivity contribution < 1.29 is 19.2 Å². The van der Waals surface area contributed by atoms with E-state index in [-0.39, 0.29) is 5.91 Å². The number of carbonyl (C=O) groups is 2. The van der Waals surface area contributed by atoms with Crippen molar-refractivity contribution >= 4 is 44.1 Å².